The molecule has 29 heavy (non-hydrogen) atoms. The summed E-state index contributed by atoms with van der Waals surface area (Å²) in [5.41, 5.74) is 1.70. The third-order valence-electron chi connectivity index (χ3n) is 4.87. The van der Waals surface area contributed by atoms with Gasteiger partial charge >= 0.3 is 0 Å². The van der Waals surface area contributed by atoms with Gasteiger partial charge in [0.25, 0.3) is 11.8 Å². The number of hydrogen-bond donors (Lipinski definition) is 1. The van der Waals surface area contributed by atoms with Gasteiger partial charge in [-0.05, 0) is 50.8 Å². The lowest BCUT2D eigenvalue weighted by Gasteiger charge is -2.25. The Kier molecular flexibility index (Phi) is 6.29. The SMILES string of the molecule is CCOc1ccc(C(CNC(=O)CN2C(=O)c3ccccc3C2=O)N(C)C)cc1. The van der Waals surface area contributed by atoms with Crippen LogP contribution in [0.4, 0.5) is 0 Å². The summed E-state index contributed by atoms with van der Waals surface area (Å²) in [4.78, 5) is 40.2. The van der Waals surface area contributed by atoms with Crippen LogP contribution >= 0.6 is 0 Å². The van der Waals surface area contributed by atoms with Crippen molar-refractivity contribution in [3.63, 3.8) is 0 Å². The van der Waals surface area contributed by atoms with Gasteiger partial charge in [-0.25, -0.2) is 0 Å². The Bertz CT molecular complexity index is 874. The van der Waals surface area contributed by atoms with E-state index in [1.807, 2.05) is 50.2 Å². The standard InChI is InChI=1S/C22H25N3O4/c1-4-29-16-11-9-15(10-12-16)19(24(2)3)13-23-20(26)14-25-21(27)17-7-5-6-8-18(17)22(25)28/h5-12,19H,4,13-14H2,1-3H3,(H,23,26). The molecule has 1 aliphatic rings. The van der Waals surface area contributed by atoms with E-state index < -0.39 is 11.8 Å². The van der Waals surface area contributed by atoms with Crippen LogP contribution in [0.15, 0.2) is 48.5 Å². The average molecular weight is 395 g/mol. The summed E-state index contributed by atoms with van der Waals surface area (Å²) >= 11 is 0. The summed E-state index contributed by atoms with van der Waals surface area (Å²) in [7, 11) is 3.86. The summed E-state index contributed by atoms with van der Waals surface area (Å²) in [5.74, 6) is -0.450. The minimum atomic E-state index is -0.434. The molecule has 2 aromatic carbocycles. The smallest absolute Gasteiger partial charge is 0.262 e. The number of amides is 3. The minimum Gasteiger partial charge on any atom is -0.494 e. The number of imide groups is 1. The monoisotopic (exact) mass is 395 g/mol. The molecule has 1 atom stereocenters. The number of rotatable bonds is 8. The molecule has 7 nitrogen and oxygen atoms in total. The highest BCUT2D eigenvalue weighted by atomic mass is 16.5. The molecule has 0 aliphatic carbocycles. The van der Waals surface area contributed by atoms with Crippen molar-refractivity contribution in [1.82, 2.24) is 15.1 Å². The van der Waals surface area contributed by atoms with E-state index in [0.717, 1.165) is 16.2 Å². The van der Waals surface area contributed by atoms with Crippen LogP contribution in [0.1, 0.15) is 39.2 Å². The number of fused-ring (bicyclic) bond motifs is 1. The summed E-state index contributed by atoms with van der Waals surface area (Å²) in [6.07, 6.45) is 0. The number of likely N-dealkylation sites (N-methyl/N-ethyl adjacent to an activating group) is 1. The molecule has 0 radical (unpaired) electrons. The van der Waals surface area contributed by atoms with Gasteiger partial charge in [-0.15, -0.1) is 0 Å². The first-order valence-electron chi connectivity index (χ1n) is 9.53. The van der Waals surface area contributed by atoms with Crippen molar-refractivity contribution in [2.24, 2.45) is 0 Å². The van der Waals surface area contributed by atoms with E-state index in [1.54, 1.807) is 24.3 Å². The zero-order valence-electron chi connectivity index (χ0n) is 16.8. The van der Waals surface area contributed by atoms with Crippen molar-refractivity contribution in [3.05, 3.63) is 65.2 Å². The second-order valence-electron chi connectivity index (χ2n) is 7.03. The first-order chi connectivity index (χ1) is 13.9. The lowest BCUT2D eigenvalue weighted by atomic mass is 10.1. The van der Waals surface area contributed by atoms with Crippen LogP contribution in [-0.2, 0) is 4.79 Å². The van der Waals surface area contributed by atoms with Gasteiger partial charge in [0, 0.05) is 6.54 Å². The number of benzene rings is 2. The molecule has 3 rings (SSSR count). The zero-order valence-corrected chi connectivity index (χ0v) is 16.8. The first-order valence-corrected chi connectivity index (χ1v) is 9.53. The molecule has 0 saturated carbocycles. The van der Waals surface area contributed by atoms with Crippen LogP contribution in [0.5, 0.6) is 5.75 Å². The molecule has 1 unspecified atom stereocenters. The molecule has 1 aliphatic heterocycles. The molecule has 152 valence electrons. The van der Waals surface area contributed by atoms with E-state index in [1.165, 1.54) is 0 Å². The maximum atomic E-state index is 12.4. The van der Waals surface area contributed by atoms with Crippen molar-refractivity contribution < 1.29 is 19.1 Å². The highest BCUT2D eigenvalue weighted by Crippen LogP contribution is 2.23. The number of nitrogens with zero attached hydrogens (tertiary/aromatic N) is 2. The van der Waals surface area contributed by atoms with E-state index in [0.29, 0.717) is 24.3 Å². The maximum absolute atomic E-state index is 12.4. The Balaban J connectivity index is 1.61. The molecule has 0 saturated heterocycles. The Morgan fingerprint density at radius 3 is 2.14 bits per heavy atom. The number of hydrogen-bond acceptors (Lipinski definition) is 5. The van der Waals surface area contributed by atoms with Crippen molar-refractivity contribution in [3.8, 4) is 5.75 Å². The Morgan fingerprint density at radius 1 is 1.03 bits per heavy atom. The lowest BCUT2D eigenvalue weighted by Crippen LogP contribution is -2.42. The lowest BCUT2D eigenvalue weighted by molar-refractivity contribution is -0.121. The highest BCUT2D eigenvalue weighted by Gasteiger charge is 2.36. The normalized spacial score (nSPS) is 14.1. The molecule has 2 aromatic rings. The third-order valence-corrected chi connectivity index (χ3v) is 4.87. The molecule has 0 fully saturated rings. The summed E-state index contributed by atoms with van der Waals surface area (Å²) in [5, 5.41) is 2.84. The molecule has 3 amide bonds. The molecular formula is C22H25N3O4. The first kappa shape index (κ1) is 20.5. The van der Waals surface area contributed by atoms with Gasteiger partial charge in [0.05, 0.1) is 23.8 Å². The summed E-state index contributed by atoms with van der Waals surface area (Å²) in [6.45, 7) is 2.59. The fraction of sp³-hybridized carbons (Fsp3) is 0.318. The van der Waals surface area contributed by atoms with Crippen LogP contribution in [-0.4, -0.2) is 61.3 Å². The zero-order chi connectivity index (χ0) is 21.0. The molecule has 0 bridgehead atoms. The fourth-order valence-electron chi connectivity index (χ4n) is 3.34. The molecule has 1 N–H and O–H groups in total. The van der Waals surface area contributed by atoms with Crippen LogP contribution in [0.25, 0.3) is 0 Å². The molecule has 7 heteroatoms. The number of carbonyl (C=O) groups excluding carboxylic acids is 3. The van der Waals surface area contributed by atoms with Crippen molar-refractivity contribution in [1.29, 1.82) is 0 Å². The summed E-state index contributed by atoms with van der Waals surface area (Å²) < 4.78 is 5.47. The number of nitrogens with one attached hydrogen (secondary N) is 1. The van der Waals surface area contributed by atoms with Gasteiger partial charge in [0.15, 0.2) is 0 Å². The Hall–Kier alpha value is -3.19. The second kappa shape index (κ2) is 8.87. The fourth-order valence-corrected chi connectivity index (χ4v) is 3.34. The second-order valence-corrected chi connectivity index (χ2v) is 7.03. The Labute approximate surface area is 170 Å². The van der Waals surface area contributed by atoms with Gasteiger partial charge < -0.3 is 15.0 Å². The average Bonchev–Trinajstić information content (AvgIpc) is 2.94. The molecular weight excluding hydrogens is 370 g/mol. The summed E-state index contributed by atoms with van der Waals surface area (Å²) in [6, 6.07) is 14.3. The van der Waals surface area contributed by atoms with E-state index in [2.05, 4.69) is 5.32 Å². The topological polar surface area (TPSA) is 79.0 Å². The van der Waals surface area contributed by atoms with Gasteiger partial charge in [-0.1, -0.05) is 24.3 Å². The highest BCUT2D eigenvalue weighted by molar-refractivity contribution is 6.22. The van der Waals surface area contributed by atoms with Crippen LogP contribution < -0.4 is 10.1 Å². The van der Waals surface area contributed by atoms with E-state index in [9.17, 15) is 14.4 Å². The quantitative estimate of drug-likeness (QED) is 0.693. The van der Waals surface area contributed by atoms with Crippen molar-refractivity contribution >= 4 is 17.7 Å². The van der Waals surface area contributed by atoms with Crippen LogP contribution in [0.3, 0.4) is 0 Å². The van der Waals surface area contributed by atoms with Crippen LogP contribution in [0, 0.1) is 0 Å². The van der Waals surface area contributed by atoms with E-state index >= 15 is 0 Å². The maximum Gasteiger partial charge on any atom is 0.262 e. The van der Waals surface area contributed by atoms with E-state index in [4.69, 9.17) is 4.74 Å². The van der Waals surface area contributed by atoms with Gasteiger partial charge in [-0.2, -0.15) is 0 Å². The molecule has 0 spiro atoms. The largest absolute Gasteiger partial charge is 0.494 e. The van der Waals surface area contributed by atoms with Crippen LogP contribution in [0.2, 0.25) is 0 Å². The number of ether oxygens (including phenoxy) is 1. The van der Waals surface area contributed by atoms with Gasteiger partial charge in [-0.3, -0.25) is 19.3 Å². The predicted octanol–water partition coefficient (Wildman–Crippen LogP) is 2.10. The van der Waals surface area contributed by atoms with Gasteiger partial charge in [0.1, 0.15) is 12.3 Å². The third kappa shape index (κ3) is 4.46. The minimum absolute atomic E-state index is 0.0585. The molecule has 1 heterocycles. The molecule has 0 aromatic heterocycles. The number of carbonyl (C=O) groups is 3. The van der Waals surface area contributed by atoms with Crippen molar-refractivity contribution in [2.45, 2.75) is 13.0 Å². The Morgan fingerprint density at radius 2 is 1.62 bits per heavy atom. The predicted molar refractivity (Wildman–Crippen MR) is 109 cm³/mol. The van der Waals surface area contributed by atoms with Gasteiger partial charge in [0.2, 0.25) is 5.91 Å². The van der Waals surface area contributed by atoms with Crippen molar-refractivity contribution in [2.75, 3.05) is 33.8 Å². The van der Waals surface area contributed by atoms with E-state index in [-0.39, 0.29) is 18.5 Å².